The van der Waals surface area contributed by atoms with Gasteiger partial charge in [0, 0.05) is 10.9 Å². The maximum Gasteiger partial charge on any atom is 0.250 e. The van der Waals surface area contributed by atoms with Crippen LogP contribution in [0.5, 0.6) is 0 Å². The Morgan fingerprint density at radius 3 is 2.59 bits per heavy atom. The maximum absolute atomic E-state index is 12.1. The summed E-state index contributed by atoms with van der Waals surface area (Å²) in [6, 6.07) is 3.12. The lowest BCUT2D eigenvalue weighted by Crippen LogP contribution is -2.45. The summed E-state index contributed by atoms with van der Waals surface area (Å²) in [5.41, 5.74) is -0.432. The molecule has 0 bridgehead atoms. The van der Waals surface area contributed by atoms with Gasteiger partial charge in [0.2, 0.25) is 0 Å². The Balaban J connectivity index is 2.93. The van der Waals surface area contributed by atoms with Gasteiger partial charge in [0.05, 0.1) is 4.34 Å². The third-order valence-electron chi connectivity index (χ3n) is 2.62. The van der Waals surface area contributed by atoms with Gasteiger partial charge in [-0.3, -0.25) is 0 Å². The molecule has 1 atom stereocenters. The monoisotopic (exact) mass is 359 g/mol. The van der Waals surface area contributed by atoms with Crippen molar-refractivity contribution < 1.29 is 8.42 Å². The van der Waals surface area contributed by atoms with Gasteiger partial charge in [-0.05, 0) is 31.9 Å². The number of alkyl halides is 1. The molecule has 0 spiro atoms. The topological polar surface area (TPSA) is 46.2 Å². The first kappa shape index (κ1) is 15.4. The summed E-state index contributed by atoms with van der Waals surface area (Å²) in [6.07, 6.45) is 1.47. The van der Waals surface area contributed by atoms with Crippen molar-refractivity contribution in [2.45, 2.75) is 36.4 Å². The molecule has 98 valence electrons. The zero-order valence-electron chi connectivity index (χ0n) is 9.66. The Morgan fingerprint density at radius 1 is 1.53 bits per heavy atom. The van der Waals surface area contributed by atoms with Crippen LogP contribution in [0.3, 0.4) is 0 Å². The largest absolute Gasteiger partial charge is 0.250 e. The smallest absolute Gasteiger partial charge is 0.206 e. The molecule has 1 unspecified atom stereocenters. The molecule has 17 heavy (non-hydrogen) atoms. The van der Waals surface area contributed by atoms with E-state index in [-0.39, 0.29) is 4.21 Å². The molecule has 1 aromatic heterocycles. The molecule has 0 saturated heterocycles. The highest BCUT2D eigenvalue weighted by Crippen LogP contribution is 2.27. The fourth-order valence-electron chi connectivity index (χ4n) is 1.33. The lowest BCUT2D eigenvalue weighted by molar-refractivity contribution is 0.393. The first-order valence-electron chi connectivity index (χ1n) is 5.18. The molecule has 0 amide bonds. The molecule has 1 N–H and O–H groups in total. The quantitative estimate of drug-likeness (QED) is 0.787. The van der Waals surface area contributed by atoms with Crippen molar-refractivity contribution in [2.75, 3.05) is 5.33 Å². The summed E-state index contributed by atoms with van der Waals surface area (Å²) in [7, 11) is -3.47. The maximum atomic E-state index is 12.1. The predicted molar refractivity (Wildman–Crippen MR) is 76.8 cm³/mol. The van der Waals surface area contributed by atoms with Crippen LogP contribution in [0.2, 0.25) is 4.34 Å². The molecule has 0 fully saturated rings. The van der Waals surface area contributed by atoms with Gasteiger partial charge in [-0.25, -0.2) is 13.1 Å². The molecule has 0 aliphatic heterocycles. The van der Waals surface area contributed by atoms with Gasteiger partial charge in [-0.2, -0.15) is 0 Å². The molecular weight excluding hydrogens is 346 g/mol. The fourth-order valence-corrected chi connectivity index (χ4v) is 5.19. The number of hydrogen-bond acceptors (Lipinski definition) is 3. The highest BCUT2D eigenvalue weighted by molar-refractivity contribution is 9.09. The summed E-state index contributed by atoms with van der Waals surface area (Å²) < 4.78 is 27.7. The van der Waals surface area contributed by atoms with Crippen LogP contribution in [0, 0.1) is 0 Å². The van der Waals surface area contributed by atoms with Crippen LogP contribution in [0.15, 0.2) is 16.3 Å². The molecule has 0 aromatic carbocycles. The minimum atomic E-state index is -3.47. The molecule has 0 saturated carbocycles. The van der Waals surface area contributed by atoms with E-state index in [9.17, 15) is 8.42 Å². The lowest BCUT2D eigenvalue weighted by atomic mass is 9.98. The number of rotatable bonds is 6. The summed E-state index contributed by atoms with van der Waals surface area (Å²) in [5.74, 6) is 0. The second-order valence-electron chi connectivity index (χ2n) is 4.02. The third-order valence-corrected chi connectivity index (χ3v) is 6.38. The third kappa shape index (κ3) is 4.21. The molecule has 1 rings (SSSR count). The van der Waals surface area contributed by atoms with E-state index in [0.717, 1.165) is 29.5 Å². The van der Waals surface area contributed by atoms with Crippen molar-refractivity contribution in [1.29, 1.82) is 0 Å². The molecule has 1 heterocycles. The SMILES string of the molecule is CCC(C)(CCBr)NS(=O)(=O)c1ccc(Cl)s1. The molecule has 0 aliphatic carbocycles. The standard InChI is InChI=1S/C10H15BrClNO2S2/c1-3-10(2,6-7-11)13-17(14,15)9-5-4-8(12)16-9/h4-5,13H,3,6-7H2,1-2H3. The van der Waals surface area contributed by atoms with Crippen molar-refractivity contribution in [3.05, 3.63) is 16.5 Å². The van der Waals surface area contributed by atoms with E-state index >= 15 is 0 Å². The summed E-state index contributed by atoms with van der Waals surface area (Å²) in [6.45, 7) is 3.87. The Labute approximate surface area is 120 Å². The van der Waals surface area contributed by atoms with E-state index in [0.29, 0.717) is 4.34 Å². The average Bonchev–Trinajstić information content (AvgIpc) is 2.65. The van der Waals surface area contributed by atoms with E-state index in [1.54, 1.807) is 6.07 Å². The van der Waals surface area contributed by atoms with Crippen LogP contribution in [0.4, 0.5) is 0 Å². The molecule has 3 nitrogen and oxygen atoms in total. The normalized spacial score (nSPS) is 15.8. The minimum absolute atomic E-state index is 0.261. The van der Waals surface area contributed by atoms with Crippen LogP contribution in [-0.4, -0.2) is 19.3 Å². The zero-order chi connectivity index (χ0) is 13.1. The van der Waals surface area contributed by atoms with Gasteiger partial charge in [0.15, 0.2) is 0 Å². The van der Waals surface area contributed by atoms with Gasteiger partial charge in [0.1, 0.15) is 4.21 Å². The molecule has 7 heteroatoms. The van der Waals surface area contributed by atoms with Crippen LogP contribution < -0.4 is 4.72 Å². The molecule has 0 radical (unpaired) electrons. The van der Waals surface area contributed by atoms with Crippen LogP contribution in [0.25, 0.3) is 0 Å². The van der Waals surface area contributed by atoms with E-state index in [1.807, 2.05) is 13.8 Å². The number of hydrogen-bond donors (Lipinski definition) is 1. The molecule has 1 aromatic rings. The summed E-state index contributed by atoms with van der Waals surface area (Å²) in [4.78, 5) is 0. The van der Waals surface area contributed by atoms with Gasteiger partial charge in [-0.1, -0.05) is 34.5 Å². The lowest BCUT2D eigenvalue weighted by Gasteiger charge is -2.28. The van der Waals surface area contributed by atoms with Crippen molar-refractivity contribution >= 4 is 48.9 Å². The van der Waals surface area contributed by atoms with Gasteiger partial charge < -0.3 is 0 Å². The van der Waals surface area contributed by atoms with Crippen molar-refractivity contribution in [2.24, 2.45) is 0 Å². The Kier molecular flexibility index (Phi) is 5.46. The highest BCUT2D eigenvalue weighted by atomic mass is 79.9. The number of thiophene rings is 1. The van der Waals surface area contributed by atoms with Gasteiger partial charge in [-0.15, -0.1) is 11.3 Å². The predicted octanol–water partition coefficient (Wildman–Crippen LogP) is 3.63. The first-order valence-corrected chi connectivity index (χ1v) is 8.98. The number of halogens is 2. The highest BCUT2D eigenvalue weighted by Gasteiger charge is 2.29. The van der Waals surface area contributed by atoms with Crippen molar-refractivity contribution in [1.82, 2.24) is 4.72 Å². The van der Waals surface area contributed by atoms with Crippen LogP contribution in [-0.2, 0) is 10.0 Å². The van der Waals surface area contributed by atoms with E-state index in [4.69, 9.17) is 11.6 Å². The Hall–Kier alpha value is 0.380. The van der Waals surface area contributed by atoms with Crippen LogP contribution >= 0.6 is 38.9 Å². The average molecular weight is 361 g/mol. The van der Waals surface area contributed by atoms with Crippen molar-refractivity contribution in [3.63, 3.8) is 0 Å². The van der Waals surface area contributed by atoms with E-state index in [1.165, 1.54) is 6.07 Å². The van der Waals surface area contributed by atoms with Crippen LogP contribution in [0.1, 0.15) is 26.7 Å². The summed E-state index contributed by atoms with van der Waals surface area (Å²) >= 11 is 10.2. The van der Waals surface area contributed by atoms with Gasteiger partial charge in [0.25, 0.3) is 10.0 Å². The first-order chi connectivity index (χ1) is 7.83. The Bertz CT molecular complexity index is 474. The van der Waals surface area contributed by atoms with Gasteiger partial charge >= 0.3 is 0 Å². The second-order valence-corrected chi connectivity index (χ2v) is 8.43. The van der Waals surface area contributed by atoms with E-state index in [2.05, 4.69) is 20.7 Å². The van der Waals surface area contributed by atoms with E-state index < -0.39 is 15.6 Å². The molecular formula is C10H15BrClNO2S2. The Morgan fingerprint density at radius 2 is 2.18 bits per heavy atom. The molecule has 0 aliphatic rings. The minimum Gasteiger partial charge on any atom is -0.206 e. The number of sulfonamides is 1. The van der Waals surface area contributed by atoms with Crippen molar-refractivity contribution in [3.8, 4) is 0 Å². The summed E-state index contributed by atoms with van der Waals surface area (Å²) in [5, 5.41) is 0.755. The zero-order valence-corrected chi connectivity index (χ0v) is 13.6. The second kappa shape index (κ2) is 6.02. The number of nitrogens with one attached hydrogen (secondary N) is 1. The fraction of sp³-hybridized carbons (Fsp3) is 0.600.